The molecule has 0 heterocycles. The van der Waals surface area contributed by atoms with Crippen LogP contribution < -0.4 is 10.5 Å². The van der Waals surface area contributed by atoms with E-state index in [2.05, 4.69) is 4.72 Å². The Morgan fingerprint density at radius 2 is 1.71 bits per heavy atom. The van der Waals surface area contributed by atoms with Crippen molar-refractivity contribution in [3.63, 3.8) is 0 Å². The molecule has 0 saturated heterocycles. The second-order valence-corrected chi connectivity index (χ2v) is 6.49. The van der Waals surface area contributed by atoms with E-state index in [1.54, 1.807) is 6.92 Å². The molecule has 0 aliphatic rings. The fraction of sp³-hybridized carbons (Fsp3) is 0.200. The molecular formula is C15H17FN2O2S. The molecule has 2 rings (SSSR count). The number of hydrogen-bond acceptors (Lipinski definition) is 3. The predicted molar refractivity (Wildman–Crippen MR) is 79.5 cm³/mol. The minimum Gasteiger partial charge on any atom is -0.326 e. The molecule has 0 atom stereocenters. The van der Waals surface area contributed by atoms with Gasteiger partial charge in [-0.1, -0.05) is 24.3 Å². The highest BCUT2D eigenvalue weighted by Crippen LogP contribution is 2.16. The molecule has 3 N–H and O–H groups in total. The number of benzene rings is 2. The van der Waals surface area contributed by atoms with E-state index < -0.39 is 15.8 Å². The first kappa shape index (κ1) is 15.6. The van der Waals surface area contributed by atoms with E-state index in [9.17, 15) is 12.8 Å². The molecule has 112 valence electrons. The molecular weight excluding hydrogens is 291 g/mol. The van der Waals surface area contributed by atoms with Crippen LogP contribution in [0.5, 0.6) is 0 Å². The largest absolute Gasteiger partial charge is 0.326 e. The number of aryl methyl sites for hydroxylation is 1. The zero-order chi connectivity index (χ0) is 15.5. The van der Waals surface area contributed by atoms with Gasteiger partial charge in [0, 0.05) is 13.1 Å². The lowest BCUT2D eigenvalue weighted by Crippen LogP contribution is -2.24. The van der Waals surface area contributed by atoms with E-state index in [0.29, 0.717) is 12.1 Å². The zero-order valence-electron chi connectivity index (χ0n) is 11.6. The summed E-state index contributed by atoms with van der Waals surface area (Å²) in [6.07, 6.45) is 0. The molecule has 0 aromatic heterocycles. The lowest BCUT2D eigenvalue weighted by Gasteiger charge is -2.09. The van der Waals surface area contributed by atoms with Gasteiger partial charge in [-0.2, -0.15) is 0 Å². The van der Waals surface area contributed by atoms with E-state index in [1.807, 2.05) is 24.3 Å². The van der Waals surface area contributed by atoms with Crippen LogP contribution in [0.2, 0.25) is 0 Å². The van der Waals surface area contributed by atoms with Crippen LogP contribution in [0.15, 0.2) is 47.4 Å². The minimum absolute atomic E-state index is 0.0856. The number of nitrogens with one attached hydrogen (secondary N) is 1. The topological polar surface area (TPSA) is 72.2 Å². The Balaban J connectivity index is 2.13. The Morgan fingerprint density at radius 1 is 1.10 bits per heavy atom. The van der Waals surface area contributed by atoms with Crippen LogP contribution in [-0.4, -0.2) is 8.42 Å². The Labute approximate surface area is 123 Å². The minimum atomic E-state index is -3.66. The maximum absolute atomic E-state index is 13.0. The van der Waals surface area contributed by atoms with E-state index >= 15 is 0 Å². The fourth-order valence-corrected chi connectivity index (χ4v) is 3.21. The molecule has 0 spiro atoms. The van der Waals surface area contributed by atoms with Gasteiger partial charge in [0.2, 0.25) is 10.0 Å². The highest BCUT2D eigenvalue weighted by Gasteiger charge is 2.16. The quantitative estimate of drug-likeness (QED) is 0.888. The molecule has 0 amide bonds. The summed E-state index contributed by atoms with van der Waals surface area (Å²) in [5, 5.41) is 0. The van der Waals surface area contributed by atoms with Crippen molar-refractivity contribution in [3.05, 3.63) is 65.0 Å². The highest BCUT2D eigenvalue weighted by atomic mass is 32.2. The van der Waals surface area contributed by atoms with Crippen LogP contribution in [-0.2, 0) is 23.1 Å². The first-order valence-corrected chi connectivity index (χ1v) is 7.94. The van der Waals surface area contributed by atoms with Crippen molar-refractivity contribution in [2.24, 2.45) is 5.73 Å². The third-order valence-electron chi connectivity index (χ3n) is 3.15. The van der Waals surface area contributed by atoms with Gasteiger partial charge >= 0.3 is 0 Å². The van der Waals surface area contributed by atoms with Gasteiger partial charge in [0.05, 0.1) is 4.90 Å². The van der Waals surface area contributed by atoms with Crippen molar-refractivity contribution in [1.82, 2.24) is 4.72 Å². The standard InChI is InChI=1S/C15H17FN2O2S/c1-11-8-14(16)6-7-15(11)21(19,20)18-10-13-4-2-12(9-17)3-5-13/h2-8,18H,9-10,17H2,1H3. The van der Waals surface area contributed by atoms with Crippen LogP contribution in [0.25, 0.3) is 0 Å². The predicted octanol–water partition coefficient (Wildman–Crippen LogP) is 2.07. The van der Waals surface area contributed by atoms with E-state index in [1.165, 1.54) is 12.1 Å². The molecule has 2 aromatic rings. The summed E-state index contributed by atoms with van der Waals surface area (Å²) in [4.78, 5) is 0.0856. The molecule has 0 saturated carbocycles. The fourth-order valence-electron chi connectivity index (χ4n) is 1.96. The number of nitrogens with two attached hydrogens (primary N) is 1. The van der Waals surface area contributed by atoms with Crippen molar-refractivity contribution < 1.29 is 12.8 Å². The van der Waals surface area contributed by atoms with Crippen LogP contribution in [0.1, 0.15) is 16.7 Å². The SMILES string of the molecule is Cc1cc(F)ccc1S(=O)(=O)NCc1ccc(CN)cc1. The summed E-state index contributed by atoms with van der Waals surface area (Å²) in [5.74, 6) is -0.455. The maximum atomic E-state index is 13.0. The smallest absolute Gasteiger partial charge is 0.241 e. The molecule has 0 aliphatic heterocycles. The summed E-state index contributed by atoms with van der Waals surface area (Å²) >= 11 is 0. The first-order chi connectivity index (χ1) is 9.92. The second-order valence-electron chi connectivity index (χ2n) is 4.75. The van der Waals surface area contributed by atoms with E-state index in [0.717, 1.165) is 17.2 Å². The molecule has 6 heteroatoms. The lowest BCUT2D eigenvalue weighted by molar-refractivity contribution is 0.579. The average Bonchev–Trinajstić information content (AvgIpc) is 2.45. The molecule has 0 radical (unpaired) electrons. The van der Waals surface area contributed by atoms with Crippen LogP contribution in [0.4, 0.5) is 4.39 Å². The second kappa shape index (κ2) is 6.34. The number of sulfonamides is 1. The summed E-state index contributed by atoms with van der Waals surface area (Å²) in [6, 6.07) is 11.0. The summed E-state index contributed by atoms with van der Waals surface area (Å²) in [6.45, 7) is 2.18. The van der Waals surface area contributed by atoms with Gasteiger partial charge in [-0.05, 0) is 41.8 Å². The van der Waals surface area contributed by atoms with Crippen molar-refractivity contribution in [3.8, 4) is 0 Å². The van der Waals surface area contributed by atoms with Crippen molar-refractivity contribution in [1.29, 1.82) is 0 Å². The number of hydrogen-bond donors (Lipinski definition) is 2. The van der Waals surface area contributed by atoms with Gasteiger partial charge < -0.3 is 5.73 Å². The maximum Gasteiger partial charge on any atom is 0.241 e. The molecule has 2 aromatic carbocycles. The van der Waals surface area contributed by atoms with Gasteiger partial charge in [0.1, 0.15) is 5.82 Å². The first-order valence-electron chi connectivity index (χ1n) is 6.46. The number of halogens is 1. The van der Waals surface area contributed by atoms with Gasteiger partial charge in [0.15, 0.2) is 0 Å². The van der Waals surface area contributed by atoms with Crippen LogP contribution >= 0.6 is 0 Å². The monoisotopic (exact) mass is 308 g/mol. The molecule has 0 bridgehead atoms. The molecule has 0 unspecified atom stereocenters. The average molecular weight is 308 g/mol. The zero-order valence-corrected chi connectivity index (χ0v) is 12.5. The van der Waals surface area contributed by atoms with Crippen LogP contribution in [0.3, 0.4) is 0 Å². The van der Waals surface area contributed by atoms with Crippen molar-refractivity contribution >= 4 is 10.0 Å². The highest BCUT2D eigenvalue weighted by molar-refractivity contribution is 7.89. The summed E-state index contributed by atoms with van der Waals surface area (Å²) < 4.78 is 40.0. The Morgan fingerprint density at radius 3 is 2.29 bits per heavy atom. The Bertz CT molecular complexity index is 728. The van der Waals surface area contributed by atoms with Crippen molar-refractivity contribution in [2.75, 3.05) is 0 Å². The Hall–Kier alpha value is -1.76. The lowest BCUT2D eigenvalue weighted by atomic mass is 10.1. The van der Waals surface area contributed by atoms with Gasteiger partial charge in [-0.25, -0.2) is 17.5 Å². The molecule has 0 aliphatic carbocycles. The molecule has 21 heavy (non-hydrogen) atoms. The summed E-state index contributed by atoms with van der Waals surface area (Å²) in [5.41, 5.74) is 7.69. The number of rotatable bonds is 5. The van der Waals surface area contributed by atoms with E-state index in [4.69, 9.17) is 5.73 Å². The third kappa shape index (κ3) is 3.87. The van der Waals surface area contributed by atoms with Crippen molar-refractivity contribution in [2.45, 2.75) is 24.9 Å². The molecule has 4 nitrogen and oxygen atoms in total. The van der Waals surface area contributed by atoms with Gasteiger partial charge in [-0.3, -0.25) is 0 Å². The van der Waals surface area contributed by atoms with Gasteiger partial charge in [-0.15, -0.1) is 0 Å². The van der Waals surface area contributed by atoms with Crippen LogP contribution in [0, 0.1) is 12.7 Å². The summed E-state index contributed by atoms with van der Waals surface area (Å²) in [7, 11) is -3.66. The molecule has 0 fully saturated rings. The van der Waals surface area contributed by atoms with E-state index in [-0.39, 0.29) is 11.4 Å². The third-order valence-corrected chi connectivity index (χ3v) is 4.71. The normalized spacial score (nSPS) is 11.6. The van der Waals surface area contributed by atoms with Gasteiger partial charge in [0.25, 0.3) is 0 Å². The Kier molecular flexibility index (Phi) is 4.72.